The zero-order valence-corrected chi connectivity index (χ0v) is 14.4. The number of thiophene rings is 1. The Morgan fingerprint density at radius 1 is 1.40 bits per heavy atom. The maximum atomic E-state index is 6.31. The van der Waals surface area contributed by atoms with Crippen molar-refractivity contribution in [2.75, 3.05) is 13.6 Å². The van der Waals surface area contributed by atoms with Gasteiger partial charge in [0.05, 0.1) is 16.7 Å². The van der Waals surface area contributed by atoms with Crippen molar-refractivity contribution < 1.29 is 4.74 Å². The molecule has 1 saturated heterocycles. The molecule has 0 aliphatic carbocycles. The lowest BCUT2D eigenvalue weighted by molar-refractivity contribution is -0.105. The Balaban J connectivity index is 2.36. The summed E-state index contributed by atoms with van der Waals surface area (Å²) in [6.45, 7) is 11.5. The first-order chi connectivity index (χ1) is 9.15. The highest BCUT2D eigenvalue weighted by Crippen LogP contribution is 2.49. The Morgan fingerprint density at radius 3 is 2.45 bits per heavy atom. The average molecular weight is 296 g/mol. The molecule has 0 aromatic carbocycles. The van der Waals surface area contributed by atoms with Crippen molar-refractivity contribution in [1.29, 1.82) is 0 Å². The first kappa shape index (κ1) is 16.0. The topological polar surface area (TPSA) is 38.5 Å². The summed E-state index contributed by atoms with van der Waals surface area (Å²) in [4.78, 5) is 3.80. The molecule has 0 bridgehead atoms. The van der Waals surface area contributed by atoms with Crippen molar-refractivity contribution in [1.82, 2.24) is 4.90 Å². The smallest absolute Gasteiger partial charge is 0.0830 e. The Kier molecular flexibility index (Phi) is 4.06. The van der Waals surface area contributed by atoms with Gasteiger partial charge in [-0.3, -0.25) is 4.90 Å². The molecule has 1 fully saturated rings. The molecule has 2 heterocycles. The van der Waals surface area contributed by atoms with Gasteiger partial charge in [0, 0.05) is 17.5 Å². The highest BCUT2D eigenvalue weighted by molar-refractivity contribution is 7.10. The number of ether oxygens (including phenoxy) is 1. The van der Waals surface area contributed by atoms with Crippen molar-refractivity contribution in [2.45, 2.75) is 63.8 Å². The van der Waals surface area contributed by atoms with Crippen LogP contribution in [0.5, 0.6) is 0 Å². The summed E-state index contributed by atoms with van der Waals surface area (Å²) in [6.07, 6.45) is 0.954. The van der Waals surface area contributed by atoms with Crippen LogP contribution in [0.25, 0.3) is 0 Å². The van der Waals surface area contributed by atoms with Crippen LogP contribution in [0.3, 0.4) is 0 Å². The zero-order valence-electron chi connectivity index (χ0n) is 13.6. The Bertz CT molecular complexity index is 455. The van der Waals surface area contributed by atoms with E-state index in [-0.39, 0.29) is 16.7 Å². The third kappa shape index (κ3) is 2.43. The lowest BCUT2D eigenvalue weighted by Crippen LogP contribution is -2.62. The van der Waals surface area contributed by atoms with Gasteiger partial charge in [0.1, 0.15) is 0 Å². The number of likely N-dealkylation sites (N-methyl/N-ethyl adjacent to an activating group) is 1. The largest absolute Gasteiger partial charge is 0.368 e. The highest BCUT2D eigenvalue weighted by Gasteiger charge is 2.59. The van der Waals surface area contributed by atoms with Crippen molar-refractivity contribution in [3.05, 3.63) is 22.4 Å². The van der Waals surface area contributed by atoms with Gasteiger partial charge in [0.2, 0.25) is 0 Å². The lowest BCUT2D eigenvalue weighted by Gasteiger charge is -2.48. The normalized spacial score (nSPS) is 29.8. The number of hydrogen-bond donors (Lipinski definition) is 1. The van der Waals surface area contributed by atoms with Crippen LogP contribution >= 0.6 is 11.3 Å². The van der Waals surface area contributed by atoms with Gasteiger partial charge in [-0.05, 0) is 59.5 Å². The molecule has 0 spiro atoms. The Hall–Kier alpha value is -0.420. The van der Waals surface area contributed by atoms with Crippen molar-refractivity contribution >= 4 is 11.3 Å². The number of rotatable bonds is 4. The summed E-state index contributed by atoms with van der Waals surface area (Å²) in [6, 6.07) is 4.65. The van der Waals surface area contributed by atoms with Gasteiger partial charge in [0.15, 0.2) is 0 Å². The van der Waals surface area contributed by atoms with E-state index in [0.717, 1.165) is 6.42 Å². The molecule has 1 aromatic heterocycles. The number of hydrogen-bond acceptors (Lipinski definition) is 4. The van der Waals surface area contributed by atoms with Gasteiger partial charge >= 0.3 is 0 Å². The molecular formula is C16H28N2OS. The minimum atomic E-state index is -0.258. The maximum Gasteiger partial charge on any atom is 0.0830 e. The average Bonchev–Trinajstić information content (AvgIpc) is 2.91. The molecule has 0 radical (unpaired) electrons. The molecule has 2 rings (SSSR count). The van der Waals surface area contributed by atoms with E-state index in [1.807, 2.05) is 0 Å². The van der Waals surface area contributed by atoms with E-state index in [4.69, 9.17) is 10.5 Å². The minimum Gasteiger partial charge on any atom is -0.368 e. The number of nitrogens with zero attached hydrogens (tertiary/aromatic N) is 1. The van der Waals surface area contributed by atoms with Crippen LogP contribution < -0.4 is 5.73 Å². The molecule has 20 heavy (non-hydrogen) atoms. The zero-order chi connectivity index (χ0) is 15.2. The lowest BCUT2D eigenvalue weighted by atomic mass is 9.77. The van der Waals surface area contributed by atoms with Crippen molar-refractivity contribution in [2.24, 2.45) is 5.73 Å². The SMILES string of the molecule is CC(c1cccs1)N(C)C1(CN)CC(C)(C)OC1(C)C. The molecule has 1 aliphatic rings. The van der Waals surface area contributed by atoms with Gasteiger partial charge in [-0.1, -0.05) is 6.07 Å². The Morgan fingerprint density at radius 2 is 2.05 bits per heavy atom. The van der Waals surface area contributed by atoms with E-state index in [1.54, 1.807) is 11.3 Å². The summed E-state index contributed by atoms with van der Waals surface area (Å²) < 4.78 is 6.31. The van der Waals surface area contributed by atoms with Crippen LogP contribution in [-0.4, -0.2) is 35.2 Å². The van der Waals surface area contributed by atoms with Crippen LogP contribution in [0.2, 0.25) is 0 Å². The third-order valence-electron chi connectivity index (χ3n) is 4.92. The standard InChI is InChI=1S/C16H28N2OS/c1-12(13-8-7-9-20-13)18(6)16(11-17)10-14(2,3)19-15(16,4)5/h7-9,12H,10-11,17H2,1-6H3. The van der Waals surface area contributed by atoms with Crippen LogP contribution in [0.15, 0.2) is 17.5 Å². The summed E-state index contributed by atoms with van der Waals surface area (Å²) in [5, 5.41) is 2.13. The third-order valence-corrected chi connectivity index (χ3v) is 5.96. The second-order valence-electron chi connectivity index (χ2n) is 7.09. The fraction of sp³-hybridized carbons (Fsp3) is 0.750. The summed E-state index contributed by atoms with van der Waals surface area (Å²) in [5.41, 5.74) is 5.71. The quantitative estimate of drug-likeness (QED) is 0.925. The van der Waals surface area contributed by atoms with Crippen LogP contribution in [0.1, 0.15) is 52.0 Å². The van der Waals surface area contributed by atoms with Crippen LogP contribution in [0.4, 0.5) is 0 Å². The first-order valence-electron chi connectivity index (χ1n) is 7.32. The molecule has 0 saturated carbocycles. The second-order valence-corrected chi connectivity index (χ2v) is 8.07. The molecular weight excluding hydrogens is 268 g/mol. The maximum absolute atomic E-state index is 6.31. The molecule has 2 unspecified atom stereocenters. The fourth-order valence-corrected chi connectivity index (χ4v) is 4.67. The monoisotopic (exact) mass is 296 g/mol. The summed E-state index contributed by atoms with van der Waals surface area (Å²) in [7, 11) is 2.18. The Labute approximate surface area is 127 Å². The second kappa shape index (κ2) is 5.09. The molecule has 1 aromatic rings. The summed E-state index contributed by atoms with van der Waals surface area (Å²) >= 11 is 1.80. The molecule has 2 atom stereocenters. The first-order valence-corrected chi connectivity index (χ1v) is 8.20. The van der Waals surface area contributed by atoms with Gasteiger partial charge in [0.25, 0.3) is 0 Å². The molecule has 2 N–H and O–H groups in total. The van der Waals surface area contributed by atoms with E-state index in [9.17, 15) is 0 Å². The van der Waals surface area contributed by atoms with E-state index < -0.39 is 0 Å². The van der Waals surface area contributed by atoms with E-state index >= 15 is 0 Å². The van der Waals surface area contributed by atoms with Gasteiger partial charge in [-0.25, -0.2) is 0 Å². The molecule has 4 heteroatoms. The van der Waals surface area contributed by atoms with Crippen LogP contribution in [-0.2, 0) is 4.74 Å². The molecule has 1 aliphatic heterocycles. The number of nitrogens with two attached hydrogens (primary N) is 1. The predicted octanol–water partition coefficient (Wildman–Crippen LogP) is 3.42. The summed E-state index contributed by atoms with van der Waals surface area (Å²) in [5.74, 6) is 0. The highest BCUT2D eigenvalue weighted by atomic mass is 32.1. The molecule has 114 valence electrons. The van der Waals surface area contributed by atoms with Gasteiger partial charge in [-0.2, -0.15) is 0 Å². The van der Waals surface area contributed by atoms with Gasteiger partial charge in [-0.15, -0.1) is 11.3 Å². The predicted molar refractivity (Wildman–Crippen MR) is 86.1 cm³/mol. The van der Waals surface area contributed by atoms with Crippen LogP contribution in [0, 0.1) is 0 Å². The van der Waals surface area contributed by atoms with E-state index in [1.165, 1.54) is 4.88 Å². The molecule has 0 amide bonds. The van der Waals surface area contributed by atoms with E-state index in [2.05, 4.69) is 64.1 Å². The van der Waals surface area contributed by atoms with Crippen molar-refractivity contribution in [3.8, 4) is 0 Å². The van der Waals surface area contributed by atoms with Crippen molar-refractivity contribution in [3.63, 3.8) is 0 Å². The van der Waals surface area contributed by atoms with Gasteiger partial charge < -0.3 is 10.5 Å². The minimum absolute atomic E-state index is 0.133. The fourth-order valence-electron chi connectivity index (χ4n) is 3.84. The molecule has 3 nitrogen and oxygen atoms in total. The van der Waals surface area contributed by atoms with E-state index in [0.29, 0.717) is 12.6 Å².